The number of allylic oxidation sites excluding steroid dienone is 2. The van der Waals surface area contributed by atoms with Crippen molar-refractivity contribution in [3.8, 4) is 0 Å². The van der Waals surface area contributed by atoms with Crippen molar-refractivity contribution in [1.82, 2.24) is 0 Å². The number of halogens is 4. The van der Waals surface area contributed by atoms with Crippen LogP contribution in [0.4, 0.5) is 0 Å². The van der Waals surface area contributed by atoms with Crippen LogP contribution in [0.1, 0.15) is 0 Å². The summed E-state index contributed by atoms with van der Waals surface area (Å²) in [4.78, 5) is 0. The first-order valence-electron chi connectivity index (χ1n) is 2.33. The van der Waals surface area contributed by atoms with Crippen LogP contribution in [-0.4, -0.2) is 5.56 Å². The molecular formula is C5H2Cl4O. The number of rotatable bonds is 0. The Kier molecular flexibility index (Phi) is 2.75. The third-order valence-corrected chi connectivity index (χ3v) is 2.61. The van der Waals surface area contributed by atoms with Gasteiger partial charge in [0.15, 0.2) is 0 Å². The molecule has 1 aliphatic rings. The molecule has 1 nitrogen and oxygen atoms in total. The fourth-order valence-corrected chi connectivity index (χ4v) is 1.16. The largest absolute Gasteiger partial charge is 0.475 e. The maximum Gasteiger partial charge on any atom is 0.208 e. The highest BCUT2D eigenvalue weighted by Gasteiger charge is 2.20. The minimum Gasteiger partial charge on any atom is -0.475 e. The molecule has 56 valence electrons. The van der Waals surface area contributed by atoms with E-state index in [1.165, 1.54) is 6.26 Å². The van der Waals surface area contributed by atoms with Crippen LogP contribution in [0, 0.1) is 0 Å². The van der Waals surface area contributed by atoms with Gasteiger partial charge in [-0.2, -0.15) is 0 Å². The minimum atomic E-state index is -0.711. The quantitative estimate of drug-likeness (QED) is 0.568. The fraction of sp³-hybridized carbons (Fsp3) is 0.200. The predicted molar refractivity (Wildman–Crippen MR) is 43.4 cm³/mol. The highest BCUT2D eigenvalue weighted by Crippen LogP contribution is 2.33. The molecule has 0 aliphatic carbocycles. The molecule has 0 aromatic carbocycles. The van der Waals surface area contributed by atoms with Gasteiger partial charge in [-0.1, -0.05) is 46.4 Å². The van der Waals surface area contributed by atoms with Crippen molar-refractivity contribution in [3.05, 3.63) is 21.4 Å². The number of hydrogen-bond acceptors (Lipinski definition) is 1. The van der Waals surface area contributed by atoms with Gasteiger partial charge in [0.1, 0.15) is 6.26 Å². The molecule has 0 amide bonds. The lowest BCUT2D eigenvalue weighted by Crippen LogP contribution is -2.06. The summed E-state index contributed by atoms with van der Waals surface area (Å²) in [7, 11) is 0. The predicted octanol–water partition coefficient (Wildman–Crippen LogP) is 3.35. The summed E-state index contributed by atoms with van der Waals surface area (Å²) in [6.07, 6.45) is 1.26. The minimum absolute atomic E-state index is 0.218. The molecule has 1 atom stereocenters. The van der Waals surface area contributed by atoms with Gasteiger partial charge in [0.05, 0.1) is 15.1 Å². The molecule has 1 aliphatic heterocycles. The molecule has 5 heteroatoms. The molecule has 1 rings (SSSR count). The summed E-state index contributed by atoms with van der Waals surface area (Å²) in [5.41, 5.74) is -0.711. The Labute approximate surface area is 78.1 Å². The van der Waals surface area contributed by atoms with Gasteiger partial charge in [0, 0.05) is 0 Å². The van der Waals surface area contributed by atoms with Crippen molar-refractivity contribution >= 4 is 46.4 Å². The SMILES string of the molecule is ClC1=COC(Cl)C(Cl)=C1Cl. The smallest absolute Gasteiger partial charge is 0.208 e. The van der Waals surface area contributed by atoms with Crippen LogP contribution in [0.25, 0.3) is 0 Å². The van der Waals surface area contributed by atoms with Crippen molar-refractivity contribution in [2.24, 2.45) is 0 Å². The molecule has 10 heavy (non-hydrogen) atoms. The Morgan fingerprint density at radius 1 is 1.30 bits per heavy atom. The first-order chi connectivity index (χ1) is 4.63. The molecule has 1 heterocycles. The van der Waals surface area contributed by atoms with Gasteiger partial charge in [0.2, 0.25) is 5.56 Å². The van der Waals surface area contributed by atoms with Gasteiger partial charge in [-0.05, 0) is 0 Å². The average Bonchev–Trinajstić information content (AvgIpc) is 1.93. The molecule has 0 N–H and O–H groups in total. The Morgan fingerprint density at radius 3 is 2.40 bits per heavy atom. The Morgan fingerprint density at radius 2 is 1.90 bits per heavy atom. The van der Waals surface area contributed by atoms with Gasteiger partial charge in [-0.15, -0.1) is 0 Å². The maximum absolute atomic E-state index is 5.60. The molecule has 0 saturated carbocycles. The van der Waals surface area contributed by atoms with Crippen molar-refractivity contribution < 1.29 is 4.74 Å². The standard InChI is InChI=1S/C5H2Cl4O/c6-2-1-10-5(9)4(8)3(2)7/h1,5H. The van der Waals surface area contributed by atoms with E-state index in [0.29, 0.717) is 0 Å². The maximum atomic E-state index is 5.60. The van der Waals surface area contributed by atoms with Crippen LogP contribution < -0.4 is 0 Å². The summed E-state index contributed by atoms with van der Waals surface area (Å²) in [5.74, 6) is 0. The highest BCUT2D eigenvalue weighted by molar-refractivity contribution is 6.49. The summed E-state index contributed by atoms with van der Waals surface area (Å²) >= 11 is 22.2. The number of alkyl halides is 1. The monoisotopic (exact) mass is 218 g/mol. The van der Waals surface area contributed by atoms with E-state index in [1.54, 1.807) is 0 Å². The van der Waals surface area contributed by atoms with Crippen LogP contribution in [0.5, 0.6) is 0 Å². The van der Waals surface area contributed by atoms with Crippen LogP contribution in [0.3, 0.4) is 0 Å². The first kappa shape index (κ1) is 8.54. The first-order valence-corrected chi connectivity index (χ1v) is 3.90. The number of hydrogen-bond donors (Lipinski definition) is 0. The van der Waals surface area contributed by atoms with E-state index >= 15 is 0 Å². The zero-order chi connectivity index (χ0) is 7.72. The van der Waals surface area contributed by atoms with E-state index in [4.69, 9.17) is 51.1 Å². The second-order valence-corrected chi connectivity index (χ2v) is 3.17. The molecule has 0 fully saturated rings. The van der Waals surface area contributed by atoms with Crippen molar-refractivity contribution in [2.45, 2.75) is 5.56 Å². The lowest BCUT2D eigenvalue weighted by molar-refractivity contribution is 0.246. The molecule has 0 aromatic heterocycles. The third kappa shape index (κ3) is 1.54. The summed E-state index contributed by atoms with van der Waals surface area (Å²) in [6.45, 7) is 0. The molecule has 0 saturated heterocycles. The lowest BCUT2D eigenvalue weighted by atomic mass is 10.4. The second-order valence-electron chi connectivity index (χ2n) is 1.58. The second kappa shape index (κ2) is 3.22. The van der Waals surface area contributed by atoms with Crippen LogP contribution in [-0.2, 0) is 4.74 Å². The fourth-order valence-electron chi connectivity index (χ4n) is 0.445. The number of ether oxygens (including phenoxy) is 1. The summed E-state index contributed by atoms with van der Waals surface area (Å²) in [5, 5.41) is 0.731. The third-order valence-electron chi connectivity index (χ3n) is 0.910. The van der Waals surface area contributed by atoms with E-state index < -0.39 is 5.56 Å². The van der Waals surface area contributed by atoms with Crippen LogP contribution in [0.2, 0.25) is 0 Å². The lowest BCUT2D eigenvalue weighted by Gasteiger charge is -2.14. The van der Waals surface area contributed by atoms with Crippen molar-refractivity contribution in [2.75, 3.05) is 0 Å². The van der Waals surface area contributed by atoms with Gasteiger partial charge >= 0.3 is 0 Å². The van der Waals surface area contributed by atoms with Crippen LogP contribution >= 0.6 is 46.4 Å². The van der Waals surface area contributed by atoms with Gasteiger partial charge in [0.25, 0.3) is 0 Å². The summed E-state index contributed by atoms with van der Waals surface area (Å²) < 4.78 is 4.77. The summed E-state index contributed by atoms with van der Waals surface area (Å²) in [6, 6.07) is 0. The molecule has 1 unspecified atom stereocenters. The van der Waals surface area contributed by atoms with Crippen LogP contribution in [0.15, 0.2) is 21.4 Å². The van der Waals surface area contributed by atoms with Gasteiger partial charge in [-0.3, -0.25) is 0 Å². The molecular weight excluding hydrogens is 218 g/mol. The van der Waals surface area contributed by atoms with Crippen molar-refractivity contribution in [1.29, 1.82) is 0 Å². The van der Waals surface area contributed by atoms with E-state index in [2.05, 4.69) is 0 Å². The average molecular weight is 220 g/mol. The van der Waals surface area contributed by atoms with Crippen molar-refractivity contribution in [3.63, 3.8) is 0 Å². The van der Waals surface area contributed by atoms with Gasteiger partial charge < -0.3 is 4.74 Å². The zero-order valence-electron chi connectivity index (χ0n) is 4.57. The van der Waals surface area contributed by atoms with E-state index in [9.17, 15) is 0 Å². The van der Waals surface area contributed by atoms with Gasteiger partial charge in [-0.25, -0.2) is 0 Å². The Hall–Kier alpha value is 0.440. The zero-order valence-corrected chi connectivity index (χ0v) is 7.60. The van der Waals surface area contributed by atoms with E-state index in [1.807, 2.05) is 0 Å². The van der Waals surface area contributed by atoms with E-state index in [-0.39, 0.29) is 15.1 Å². The normalized spacial score (nSPS) is 26.0. The Balaban J connectivity index is 2.94. The molecule has 0 radical (unpaired) electrons. The van der Waals surface area contributed by atoms with E-state index in [0.717, 1.165) is 0 Å². The molecule has 0 spiro atoms. The molecule has 0 aromatic rings. The highest BCUT2D eigenvalue weighted by atomic mass is 35.5. The topological polar surface area (TPSA) is 9.23 Å². The molecule has 0 bridgehead atoms. The Bertz CT molecular complexity index is 208.